The van der Waals surface area contributed by atoms with Gasteiger partial charge in [0, 0.05) is 53.1 Å². The van der Waals surface area contributed by atoms with Crippen molar-refractivity contribution < 1.29 is 14.3 Å². The van der Waals surface area contributed by atoms with Gasteiger partial charge >= 0.3 is 0 Å². The van der Waals surface area contributed by atoms with Crippen LogP contribution in [-0.4, -0.2) is 49.2 Å². The number of para-hydroxylation sites is 1. The van der Waals surface area contributed by atoms with Crippen LogP contribution in [0.15, 0.2) is 48.7 Å². The van der Waals surface area contributed by atoms with Crippen molar-refractivity contribution in [3.05, 3.63) is 64.8 Å². The second kappa shape index (κ2) is 8.25. The highest BCUT2D eigenvalue weighted by Gasteiger charge is 2.27. The van der Waals surface area contributed by atoms with E-state index in [9.17, 15) is 4.79 Å². The lowest BCUT2D eigenvalue weighted by atomic mass is 9.87. The third kappa shape index (κ3) is 3.73. The summed E-state index contributed by atoms with van der Waals surface area (Å²) in [6.45, 7) is 2.45. The minimum Gasteiger partial charge on any atom is -0.496 e. The zero-order chi connectivity index (χ0) is 19.5. The quantitative estimate of drug-likeness (QED) is 0.700. The van der Waals surface area contributed by atoms with Crippen molar-refractivity contribution in [1.29, 1.82) is 0 Å². The molecule has 3 aromatic rings. The second-order valence-electron chi connectivity index (χ2n) is 6.93. The number of methoxy groups -OCH3 is 1. The Labute approximate surface area is 169 Å². The molecule has 0 aliphatic carbocycles. The van der Waals surface area contributed by atoms with Gasteiger partial charge < -0.3 is 19.4 Å². The van der Waals surface area contributed by atoms with Gasteiger partial charge in [0.1, 0.15) is 5.75 Å². The minimum absolute atomic E-state index is 0.121. The maximum Gasteiger partial charge on any atom is 0.223 e. The number of fused-ring (bicyclic) bond motifs is 1. The molecule has 6 heteroatoms. The Morgan fingerprint density at radius 2 is 2.00 bits per heavy atom. The number of amides is 1. The molecule has 0 radical (unpaired) electrons. The Bertz CT molecular complexity index is 979. The summed E-state index contributed by atoms with van der Waals surface area (Å²) in [7, 11) is 1.66. The van der Waals surface area contributed by atoms with E-state index < -0.39 is 0 Å². The number of halogens is 1. The van der Waals surface area contributed by atoms with Crippen LogP contribution in [0, 0.1) is 0 Å². The van der Waals surface area contributed by atoms with Crippen LogP contribution in [0.5, 0.6) is 5.75 Å². The number of carbonyl (C=O) groups excluding carboxylic acids is 1. The van der Waals surface area contributed by atoms with E-state index in [0.29, 0.717) is 37.7 Å². The summed E-state index contributed by atoms with van der Waals surface area (Å²) in [5, 5.41) is 1.70. The molecular formula is C22H23ClN2O3. The van der Waals surface area contributed by atoms with Crippen LogP contribution in [0.4, 0.5) is 0 Å². The van der Waals surface area contributed by atoms with Gasteiger partial charge in [-0.15, -0.1) is 0 Å². The molecule has 2 heterocycles. The van der Waals surface area contributed by atoms with Gasteiger partial charge in [-0.2, -0.15) is 0 Å². The number of benzene rings is 2. The predicted molar refractivity (Wildman–Crippen MR) is 110 cm³/mol. The first kappa shape index (κ1) is 18.8. The highest BCUT2D eigenvalue weighted by Crippen LogP contribution is 2.38. The summed E-state index contributed by atoms with van der Waals surface area (Å²) >= 11 is 6.26. The highest BCUT2D eigenvalue weighted by atomic mass is 35.5. The van der Waals surface area contributed by atoms with E-state index in [-0.39, 0.29) is 11.8 Å². The van der Waals surface area contributed by atoms with Crippen LogP contribution in [0.1, 0.15) is 23.5 Å². The molecule has 4 rings (SSSR count). The molecule has 0 saturated carbocycles. The third-order valence-electron chi connectivity index (χ3n) is 5.31. The van der Waals surface area contributed by atoms with Crippen molar-refractivity contribution in [2.24, 2.45) is 0 Å². The van der Waals surface area contributed by atoms with E-state index in [2.05, 4.69) is 4.98 Å². The summed E-state index contributed by atoms with van der Waals surface area (Å²) in [4.78, 5) is 18.3. The zero-order valence-corrected chi connectivity index (χ0v) is 16.5. The molecule has 146 valence electrons. The van der Waals surface area contributed by atoms with Crippen LogP contribution in [0.25, 0.3) is 10.9 Å². The number of carbonyl (C=O) groups is 1. The van der Waals surface area contributed by atoms with Crippen molar-refractivity contribution in [3.63, 3.8) is 0 Å². The number of morpholine rings is 1. The van der Waals surface area contributed by atoms with E-state index in [0.717, 1.165) is 27.8 Å². The van der Waals surface area contributed by atoms with Crippen LogP contribution in [0.2, 0.25) is 5.02 Å². The summed E-state index contributed by atoms with van der Waals surface area (Å²) in [5.41, 5.74) is 3.04. The lowest BCUT2D eigenvalue weighted by Gasteiger charge is -2.29. The number of ether oxygens (including phenoxy) is 2. The lowest BCUT2D eigenvalue weighted by Crippen LogP contribution is -2.41. The average molecular weight is 399 g/mol. The number of rotatable bonds is 5. The molecule has 1 saturated heterocycles. The SMILES string of the molecule is COc1ccccc1[C@@H](CC(=O)N1CCOCC1)c1c[nH]c2ccc(Cl)cc12. The fraction of sp³-hybridized carbons (Fsp3) is 0.318. The minimum atomic E-state index is -0.140. The monoisotopic (exact) mass is 398 g/mol. The molecular weight excluding hydrogens is 376 g/mol. The molecule has 1 fully saturated rings. The fourth-order valence-corrected chi connectivity index (χ4v) is 4.03. The Hall–Kier alpha value is -2.50. The Balaban J connectivity index is 1.76. The van der Waals surface area contributed by atoms with Crippen molar-refractivity contribution in [2.75, 3.05) is 33.4 Å². The van der Waals surface area contributed by atoms with Crippen molar-refractivity contribution >= 4 is 28.4 Å². The number of nitrogens with zero attached hydrogens (tertiary/aromatic N) is 1. The van der Waals surface area contributed by atoms with Gasteiger partial charge in [0.2, 0.25) is 5.91 Å². The lowest BCUT2D eigenvalue weighted by molar-refractivity contribution is -0.135. The number of nitrogens with one attached hydrogen (secondary N) is 1. The van der Waals surface area contributed by atoms with E-state index >= 15 is 0 Å². The third-order valence-corrected chi connectivity index (χ3v) is 5.54. The first-order valence-corrected chi connectivity index (χ1v) is 9.80. The predicted octanol–water partition coefficient (Wildman–Crippen LogP) is 4.21. The van der Waals surface area contributed by atoms with Gasteiger partial charge in [-0.05, 0) is 29.8 Å². The maximum atomic E-state index is 13.1. The molecule has 1 aliphatic rings. The van der Waals surface area contributed by atoms with Gasteiger partial charge in [0.25, 0.3) is 0 Å². The molecule has 5 nitrogen and oxygen atoms in total. The highest BCUT2D eigenvalue weighted by molar-refractivity contribution is 6.31. The largest absolute Gasteiger partial charge is 0.496 e. The summed E-state index contributed by atoms with van der Waals surface area (Å²) in [5.74, 6) is 0.757. The standard InChI is InChI=1S/C22H23ClN2O3/c1-27-21-5-3-2-4-16(21)17(13-22(26)25-8-10-28-11-9-25)19-14-24-20-7-6-15(23)12-18(19)20/h2-7,12,14,17,24H,8-11,13H2,1H3/t17-/m1/s1. The van der Waals surface area contributed by atoms with E-state index in [4.69, 9.17) is 21.1 Å². The smallest absolute Gasteiger partial charge is 0.223 e. The second-order valence-corrected chi connectivity index (χ2v) is 7.36. The van der Waals surface area contributed by atoms with Crippen molar-refractivity contribution in [3.8, 4) is 5.75 Å². The first-order valence-electron chi connectivity index (χ1n) is 9.42. The van der Waals surface area contributed by atoms with E-state index in [1.165, 1.54) is 0 Å². The van der Waals surface area contributed by atoms with Crippen molar-refractivity contribution in [1.82, 2.24) is 9.88 Å². The average Bonchev–Trinajstić information content (AvgIpc) is 3.15. The summed E-state index contributed by atoms with van der Waals surface area (Å²) < 4.78 is 11.0. The first-order chi connectivity index (χ1) is 13.7. The Kier molecular flexibility index (Phi) is 5.55. The topological polar surface area (TPSA) is 54.6 Å². The summed E-state index contributed by atoms with van der Waals surface area (Å²) in [6, 6.07) is 13.7. The molecule has 0 spiro atoms. The van der Waals surface area contributed by atoms with E-state index in [1.807, 2.05) is 53.6 Å². The van der Waals surface area contributed by atoms with Gasteiger partial charge in [-0.3, -0.25) is 4.79 Å². The van der Waals surface area contributed by atoms with Crippen LogP contribution >= 0.6 is 11.6 Å². The molecule has 0 bridgehead atoms. The number of H-pyrrole nitrogens is 1. The molecule has 1 atom stereocenters. The molecule has 1 amide bonds. The zero-order valence-electron chi connectivity index (χ0n) is 15.8. The van der Waals surface area contributed by atoms with Gasteiger partial charge in [-0.1, -0.05) is 29.8 Å². The van der Waals surface area contributed by atoms with Crippen LogP contribution in [0.3, 0.4) is 0 Å². The van der Waals surface area contributed by atoms with Crippen molar-refractivity contribution in [2.45, 2.75) is 12.3 Å². The normalized spacial score (nSPS) is 15.6. The molecule has 1 aliphatic heterocycles. The van der Waals surface area contributed by atoms with E-state index in [1.54, 1.807) is 7.11 Å². The van der Waals surface area contributed by atoms with Gasteiger partial charge in [-0.25, -0.2) is 0 Å². The molecule has 1 aromatic heterocycles. The Morgan fingerprint density at radius 1 is 1.21 bits per heavy atom. The maximum absolute atomic E-state index is 13.1. The number of hydrogen-bond acceptors (Lipinski definition) is 3. The number of hydrogen-bond donors (Lipinski definition) is 1. The molecule has 2 aromatic carbocycles. The number of aromatic amines is 1. The van der Waals surface area contributed by atoms with Crippen LogP contribution < -0.4 is 4.74 Å². The summed E-state index contributed by atoms with van der Waals surface area (Å²) in [6.07, 6.45) is 2.34. The molecule has 28 heavy (non-hydrogen) atoms. The Morgan fingerprint density at radius 3 is 2.79 bits per heavy atom. The van der Waals surface area contributed by atoms with Crippen LogP contribution in [-0.2, 0) is 9.53 Å². The van der Waals surface area contributed by atoms with Gasteiger partial charge in [0.15, 0.2) is 0 Å². The fourth-order valence-electron chi connectivity index (χ4n) is 3.86. The molecule has 1 N–H and O–H groups in total. The number of aromatic nitrogens is 1. The van der Waals surface area contributed by atoms with Gasteiger partial charge in [0.05, 0.1) is 20.3 Å². The molecule has 0 unspecified atom stereocenters.